The van der Waals surface area contributed by atoms with E-state index in [1.54, 1.807) is 24.3 Å². The molecule has 1 N–H and O–H groups in total. The quantitative estimate of drug-likeness (QED) is 0.604. The molecule has 152 valence electrons. The molecule has 0 bridgehead atoms. The van der Waals surface area contributed by atoms with E-state index in [0.29, 0.717) is 18.0 Å². The normalized spacial score (nSPS) is 13.9. The molecule has 0 spiro atoms. The summed E-state index contributed by atoms with van der Waals surface area (Å²) in [6.07, 6.45) is -0.439. The highest BCUT2D eigenvalue weighted by Crippen LogP contribution is 2.30. The van der Waals surface area contributed by atoms with E-state index in [0.717, 1.165) is 0 Å². The molecule has 0 radical (unpaired) electrons. The predicted octanol–water partition coefficient (Wildman–Crippen LogP) is 3.76. The fourth-order valence-corrected chi connectivity index (χ4v) is 2.64. The van der Waals surface area contributed by atoms with Crippen molar-refractivity contribution in [1.29, 1.82) is 0 Å². The van der Waals surface area contributed by atoms with Crippen LogP contribution in [0.3, 0.4) is 0 Å². The first-order chi connectivity index (χ1) is 13.8. The lowest BCUT2D eigenvalue weighted by Crippen LogP contribution is -2.37. The summed E-state index contributed by atoms with van der Waals surface area (Å²) < 4.78 is 60.3. The van der Waals surface area contributed by atoms with Gasteiger partial charge < -0.3 is 10.1 Å². The summed E-state index contributed by atoms with van der Waals surface area (Å²) in [6.45, 7) is 2.29. The van der Waals surface area contributed by atoms with Crippen molar-refractivity contribution in [1.82, 2.24) is 0 Å². The first-order valence-corrected chi connectivity index (χ1v) is 8.59. The van der Waals surface area contributed by atoms with Gasteiger partial charge in [-0.15, -0.1) is 0 Å². The molecule has 3 rings (SSSR count). The van der Waals surface area contributed by atoms with Gasteiger partial charge in [-0.3, -0.25) is 9.59 Å². The molecule has 0 fully saturated rings. The number of anilines is 2. The highest BCUT2D eigenvalue weighted by molar-refractivity contribution is 6.44. The topological polar surface area (TPSA) is 71.0 Å². The molecule has 2 amide bonds. The van der Waals surface area contributed by atoms with Gasteiger partial charge in [-0.05, 0) is 31.2 Å². The fourth-order valence-electron chi connectivity index (χ4n) is 2.64. The van der Waals surface area contributed by atoms with Crippen molar-refractivity contribution in [2.24, 2.45) is 5.10 Å². The highest BCUT2D eigenvalue weighted by Gasteiger charge is 2.32. The number of carbonyl (C=O) groups excluding carboxylic acids is 2. The molecule has 2 aromatic carbocycles. The van der Waals surface area contributed by atoms with E-state index >= 15 is 0 Å². The molecule has 0 saturated heterocycles. The van der Waals surface area contributed by atoms with Crippen molar-refractivity contribution >= 4 is 28.9 Å². The average molecular weight is 409 g/mol. The van der Waals surface area contributed by atoms with Crippen molar-refractivity contribution in [3.8, 4) is 5.75 Å². The third kappa shape index (κ3) is 4.20. The number of nitrogens with zero attached hydrogens (tertiary/aromatic N) is 2. The van der Waals surface area contributed by atoms with Gasteiger partial charge in [0, 0.05) is 24.6 Å². The third-order valence-electron chi connectivity index (χ3n) is 4.02. The highest BCUT2D eigenvalue weighted by atomic mass is 19.2. The van der Waals surface area contributed by atoms with Gasteiger partial charge in [0.15, 0.2) is 23.3 Å². The zero-order chi connectivity index (χ0) is 21.1. The Balaban J connectivity index is 1.87. The number of rotatable bonds is 5. The van der Waals surface area contributed by atoms with Gasteiger partial charge in [0.05, 0.1) is 6.61 Å². The number of carbonyl (C=O) groups is 2. The SMILES string of the molecule is CCOc1ccc(NC(=O)C2=NN(c3c(F)c(F)cc(F)c3F)C(=O)CC2)cc1. The molecule has 2 aromatic rings. The molecule has 0 aromatic heterocycles. The maximum absolute atomic E-state index is 14.0. The Hall–Kier alpha value is -3.43. The standard InChI is InChI=1S/C19H15F4N3O3/c1-2-29-11-5-3-10(4-6-11)24-19(28)14-7-8-15(27)26(25-14)18-16(22)12(20)9-13(21)17(18)23/h3-6,9H,2,7-8H2,1H3,(H,24,28). The van der Waals surface area contributed by atoms with E-state index in [2.05, 4.69) is 10.4 Å². The van der Waals surface area contributed by atoms with E-state index < -0.39 is 40.8 Å². The molecule has 1 aliphatic rings. The molecule has 0 aliphatic carbocycles. The summed E-state index contributed by atoms with van der Waals surface area (Å²) >= 11 is 0. The van der Waals surface area contributed by atoms with E-state index in [4.69, 9.17) is 4.74 Å². The lowest BCUT2D eigenvalue weighted by Gasteiger charge is -2.24. The Kier molecular flexibility index (Phi) is 5.81. The number of hydrogen-bond acceptors (Lipinski definition) is 4. The van der Waals surface area contributed by atoms with Crippen LogP contribution in [0.1, 0.15) is 19.8 Å². The van der Waals surface area contributed by atoms with Crippen molar-refractivity contribution in [2.75, 3.05) is 16.9 Å². The molecule has 1 heterocycles. The Labute approximate surface area is 162 Å². The smallest absolute Gasteiger partial charge is 0.271 e. The number of amides is 2. The van der Waals surface area contributed by atoms with Crippen LogP contribution < -0.4 is 15.1 Å². The van der Waals surface area contributed by atoms with Crippen LogP contribution in [0.4, 0.5) is 28.9 Å². The monoisotopic (exact) mass is 409 g/mol. The third-order valence-corrected chi connectivity index (χ3v) is 4.02. The fraction of sp³-hybridized carbons (Fsp3) is 0.211. The van der Waals surface area contributed by atoms with Crippen LogP contribution in [-0.4, -0.2) is 24.1 Å². The molecule has 6 nitrogen and oxygen atoms in total. The second-order valence-electron chi connectivity index (χ2n) is 5.98. The molecular weight excluding hydrogens is 394 g/mol. The largest absolute Gasteiger partial charge is 0.494 e. The van der Waals surface area contributed by atoms with Gasteiger partial charge in [-0.25, -0.2) is 17.6 Å². The lowest BCUT2D eigenvalue weighted by atomic mass is 10.1. The van der Waals surface area contributed by atoms with Gasteiger partial charge in [0.25, 0.3) is 5.91 Å². The first kappa shape index (κ1) is 20.3. The second kappa shape index (κ2) is 8.29. The minimum absolute atomic E-state index is 0.0197. The first-order valence-electron chi connectivity index (χ1n) is 8.59. The predicted molar refractivity (Wildman–Crippen MR) is 96.7 cm³/mol. The summed E-state index contributed by atoms with van der Waals surface area (Å²) in [7, 11) is 0. The van der Waals surface area contributed by atoms with Crippen LogP contribution in [-0.2, 0) is 9.59 Å². The van der Waals surface area contributed by atoms with E-state index in [1.165, 1.54) is 0 Å². The van der Waals surface area contributed by atoms with Crippen LogP contribution in [0.25, 0.3) is 0 Å². The summed E-state index contributed by atoms with van der Waals surface area (Å²) in [5.41, 5.74) is -1.15. The zero-order valence-corrected chi connectivity index (χ0v) is 15.1. The maximum Gasteiger partial charge on any atom is 0.271 e. The van der Waals surface area contributed by atoms with Crippen LogP contribution in [0, 0.1) is 23.3 Å². The summed E-state index contributed by atoms with van der Waals surface area (Å²) in [4.78, 5) is 24.5. The minimum Gasteiger partial charge on any atom is -0.494 e. The van der Waals surface area contributed by atoms with Crippen molar-refractivity contribution in [2.45, 2.75) is 19.8 Å². The van der Waals surface area contributed by atoms with Crippen LogP contribution in [0.5, 0.6) is 5.75 Å². The molecule has 10 heteroatoms. The van der Waals surface area contributed by atoms with Crippen molar-refractivity contribution in [3.05, 3.63) is 53.6 Å². The number of halogens is 4. The summed E-state index contributed by atoms with van der Waals surface area (Å²) in [5.74, 6) is -7.99. The van der Waals surface area contributed by atoms with Gasteiger partial charge in [0.1, 0.15) is 17.1 Å². The Bertz CT molecular complexity index is 967. The molecule has 0 saturated carbocycles. The van der Waals surface area contributed by atoms with Gasteiger partial charge in [-0.1, -0.05) is 0 Å². The Morgan fingerprint density at radius 2 is 1.72 bits per heavy atom. The van der Waals surface area contributed by atoms with Crippen molar-refractivity contribution < 1.29 is 31.9 Å². The van der Waals surface area contributed by atoms with Gasteiger partial charge in [-0.2, -0.15) is 10.1 Å². The van der Waals surface area contributed by atoms with Crippen molar-refractivity contribution in [3.63, 3.8) is 0 Å². The van der Waals surface area contributed by atoms with E-state index in [-0.39, 0.29) is 29.6 Å². The van der Waals surface area contributed by atoms with E-state index in [9.17, 15) is 27.2 Å². The van der Waals surface area contributed by atoms with Crippen LogP contribution >= 0.6 is 0 Å². The summed E-state index contributed by atoms with van der Waals surface area (Å²) in [5, 5.41) is 6.33. The lowest BCUT2D eigenvalue weighted by molar-refractivity contribution is -0.118. The molecule has 0 atom stereocenters. The van der Waals surface area contributed by atoms with Gasteiger partial charge in [0.2, 0.25) is 5.91 Å². The zero-order valence-electron chi connectivity index (χ0n) is 15.1. The number of hydrogen-bond donors (Lipinski definition) is 1. The van der Waals surface area contributed by atoms with Crippen LogP contribution in [0.15, 0.2) is 35.4 Å². The molecule has 29 heavy (non-hydrogen) atoms. The minimum atomic E-state index is -1.78. The Morgan fingerprint density at radius 1 is 1.10 bits per heavy atom. The number of hydrazone groups is 1. The number of benzene rings is 2. The average Bonchev–Trinajstić information content (AvgIpc) is 2.69. The molecular formula is C19H15F4N3O3. The summed E-state index contributed by atoms with van der Waals surface area (Å²) in [6, 6.07) is 6.40. The maximum atomic E-state index is 14.0. The van der Waals surface area contributed by atoms with Crippen LogP contribution in [0.2, 0.25) is 0 Å². The van der Waals surface area contributed by atoms with Gasteiger partial charge >= 0.3 is 0 Å². The molecule has 0 unspecified atom stereocenters. The number of nitrogens with one attached hydrogen (secondary N) is 1. The Morgan fingerprint density at radius 3 is 2.31 bits per heavy atom. The number of ether oxygens (including phenoxy) is 1. The van der Waals surface area contributed by atoms with E-state index in [1.807, 2.05) is 6.92 Å². The molecule has 1 aliphatic heterocycles. The second-order valence-corrected chi connectivity index (χ2v) is 5.98.